The lowest BCUT2D eigenvalue weighted by Crippen LogP contribution is -2.24. The van der Waals surface area contributed by atoms with Crippen molar-refractivity contribution in [1.82, 2.24) is 0 Å². The first kappa shape index (κ1) is 14.4. The molecule has 1 heterocycles. The molecular formula is C15H12Br2ClNO. The van der Waals surface area contributed by atoms with Crippen LogP contribution in [0.2, 0.25) is 5.02 Å². The van der Waals surface area contributed by atoms with Crippen molar-refractivity contribution in [2.45, 2.75) is 18.6 Å². The lowest BCUT2D eigenvalue weighted by Gasteiger charge is -2.31. The molecule has 20 heavy (non-hydrogen) atoms. The van der Waals surface area contributed by atoms with E-state index in [9.17, 15) is 0 Å². The summed E-state index contributed by atoms with van der Waals surface area (Å²) in [5.41, 5.74) is 8.26. The standard InChI is InChI=1S/C15H12Br2ClNO/c16-8-2-4-12(18)11(5-8)15-7-13(19)10-3-1-9(17)6-14(10)20-15/h1-6,13,15H,7,19H2. The summed E-state index contributed by atoms with van der Waals surface area (Å²) in [6, 6.07) is 11.7. The molecule has 0 aromatic heterocycles. The number of benzene rings is 2. The minimum Gasteiger partial charge on any atom is -0.485 e. The first-order valence-electron chi connectivity index (χ1n) is 6.21. The van der Waals surface area contributed by atoms with E-state index >= 15 is 0 Å². The molecule has 0 saturated carbocycles. The Morgan fingerprint density at radius 3 is 2.55 bits per heavy atom. The molecule has 2 nitrogen and oxygen atoms in total. The number of fused-ring (bicyclic) bond motifs is 1. The van der Waals surface area contributed by atoms with Crippen LogP contribution in [-0.2, 0) is 0 Å². The topological polar surface area (TPSA) is 35.2 Å². The van der Waals surface area contributed by atoms with E-state index < -0.39 is 0 Å². The van der Waals surface area contributed by atoms with Crippen molar-refractivity contribution >= 4 is 43.5 Å². The summed E-state index contributed by atoms with van der Waals surface area (Å²) in [4.78, 5) is 0. The van der Waals surface area contributed by atoms with Gasteiger partial charge in [0, 0.05) is 37.6 Å². The highest BCUT2D eigenvalue weighted by Gasteiger charge is 2.28. The Labute approximate surface area is 139 Å². The largest absolute Gasteiger partial charge is 0.485 e. The zero-order chi connectivity index (χ0) is 14.3. The smallest absolute Gasteiger partial charge is 0.127 e. The van der Waals surface area contributed by atoms with E-state index in [2.05, 4.69) is 31.9 Å². The van der Waals surface area contributed by atoms with Gasteiger partial charge < -0.3 is 10.5 Å². The zero-order valence-electron chi connectivity index (χ0n) is 10.4. The third-order valence-corrected chi connectivity index (χ3v) is 4.75. The number of rotatable bonds is 1. The Morgan fingerprint density at radius 1 is 1.05 bits per heavy atom. The van der Waals surface area contributed by atoms with Gasteiger partial charge in [-0.1, -0.05) is 49.5 Å². The second-order valence-corrected chi connectivity index (χ2v) is 7.04. The molecule has 2 aromatic rings. The molecule has 1 aliphatic rings. The average Bonchev–Trinajstić information content (AvgIpc) is 2.41. The summed E-state index contributed by atoms with van der Waals surface area (Å²) in [5.74, 6) is 0.819. The number of halogens is 3. The van der Waals surface area contributed by atoms with Crippen molar-refractivity contribution in [3.05, 3.63) is 61.5 Å². The van der Waals surface area contributed by atoms with E-state index in [1.54, 1.807) is 0 Å². The van der Waals surface area contributed by atoms with Crippen LogP contribution in [-0.4, -0.2) is 0 Å². The van der Waals surface area contributed by atoms with E-state index in [-0.39, 0.29) is 12.1 Å². The highest BCUT2D eigenvalue weighted by molar-refractivity contribution is 9.10. The van der Waals surface area contributed by atoms with Crippen molar-refractivity contribution in [3.8, 4) is 5.75 Å². The van der Waals surface area contributed by atoms with Gasteiger partial charge >= 0.3 is 0 Å². The van der Waals surface area contributed by atoms with E-state index in [0.717, 1.165) is 25.8 Å². The van der Waals surface area contributed by atoms with Crippen LogP contribution in [0.4, 0.5) is 0 Å². The van der Waals surface area contributed by atoms with Crippen LogP contribution in [0.15, 0.2) is 45.3 Å². The predicted molar refractivity (Wildman–Crippen MR) is 88.2 cm³/mol. The minimum absolute atomic E-state index is 0.0492. The van der Waals surface area contributed by atoms with Crippen LogP contribution in [0.25, 0.3) is 0 Å². The fourth-order valence-corrected chi connectivity index (χ4v) is 3.39. The molecule has 2 N–H and O–H groups in total. The van der Waals surface area contributed by atoms with Crippen molar-refractivity contribution in [1.29, 1.82) is 0 Å². The fourth-order valence-electron chi connectivity index (χ4n) is 2.43. The highest BCUT2D eigenvalue weighted by Crippen LogP contribution is 2.42. The zero-order valence-corrected chi connectivity index (χ0v) is 14.4. The number of ether oxygens (including phenoxy) is 1. The summed E-state index contributed by atoms with van der Waals surface area (Å²) in [7, 11) is 0. The van der Waals surface area contributed by atoms with Crippen LogP contribution in [0.1, 0.15) is 29.7 Å². The Balaban J connectivity index is 2.00. The van der Waals surface area contributed by atoms with Gasteiger partial charge in [-0.2, -0.15) is 0 Å². The third-order valence-electron chi connectivity index (χ3n) is 3.42. The highest BCUT2D eigenvalue weighted by atomic mass is 79.9. The van der Waals surface area contributed by atoms with Gasteiger partial charge in [0.25, 0.3) is 0 Å². The minimum atomic E-state index is -0.128. The van der Waals surface area contributed by atoms with Gasteiger partial charge in [-0.25, -0.2) is 0 Å². The molecular weight excluding hydrogens is 405 g/mol. The lowest BCUT2D eigenvalue weighted by molar-refractivity contribution is 0.161. The SMILES string of the molecule is NC1CC(c2cc(Br)ccc2Cl)Oc2cc(Br)ccc21. The molecule has 0 amide bonds. The Kier molecular flexibility index (Phi) is 4.09. The van der Waals surface area contributed by atoms with Gasteiger partial charge in [0.1, 0.15) is 11.9 Å². The fraction of sp³-hybridized carbons (Fsp3) is 0.200. The van der Waals surface area contributed by atoms with Crippen molar-refractivity contribution in [2.75, 3.05) is 0 Å². The van der Waals surface area contributed by atoms with E-state index in [4.69, 9.17) is 22.1 Å². The van der Waals surface area contributed by atoms with Gasteiger partial charge in [-0.15, -0.1) is 0 Å². The molecule has 3 rings (SSSR count). The second-order valence-electron chi connectivity index (χ2n) is 4.80. The van der Waals surface area contributed by atoms with Crippen LogP contribution in [0, 0.1) is 0 Å². The number of nitrogens with two attached hydrogens (primary N) is 1. The maximum Gasteiger partial charge on any atom is 0.127 e. The number of hydrogen-bond acceptors (Lipinski definition) is 2. The molecule has 0 radical (unpaired) electrons. The Bertz CT molecular complexity index is 662. The summed E-state index contributed by atoms with van der Waals surface area (Å²) >= 11 is 13.2. The molecule has 0 saturated heterocycles. The van der Waals surface area contributed by atoms with Crippen LogP contribution in [0.5, 0.6) is 5.75 Å². The molecule has 2 atom stereocenters. The quantitative estimate of drug-likeness (QED) is 0.675. The molecule has 2 unspecified atom stereocenters. The molecule has 0 bridgehead atoms. The maximum atomic E-state index is 6.28. The van der Waals surface area contributed by atoms with Crippen molar-refractivity contribution < 1.29 is 4.74 Å². The first-order chi connectivity index (χ1) is 9.54. The summed E-state index contributed by atoms with van der Waals surface area (Å²) < 4.78 is 8.05. The summed E-state index contributed by atoms with van der Waals surface area (Å²) in [6.45, 7) is 0. The normalized spacial score (nSPS) is 21.2. The molecule has 5 heteroatoms. The average molecular weight is 418 g/mol. The second kappa shape index (κ2) is 5.68. The third kappa shape index (κ3) is 2.75. The Morgan fingerprint density at radius 2 is 1.75 bits per heavy atom. The first-order valence-corrected chi connectivity index (χ1v) is 8.17. The van der Waals surface area contributed by atoms with Gasteiger partial charge in [0.05, 0.1) is 0 Å². The molecule has 0 fully saturated rings. The van der Waals surface area contributed by atoms with Crippen LogP contribution in [0.3, 0.4) is 0 Å². The van der Waals surface area contributed by atoms with Crippen molar-refractivity contribution in [3.63, 3.8) is 0 Å². The maximum absolute atomic E-state index is 6.28. The molecule has 0 spiro atoms. The Hall–Kier alpha value is -0.550. The monoisotopic (exact) mass is 415 g/mol. The van der Waals surface area contributed by atoms with E-state index in [1.807, 2.05) is 36.4 Å². The number of hydrogen-bond donors (Lipinski definition) is 1. The molecule has 104 valence electrons. The van der Waals surface area contributed by atoms with E-state index in [1.165, 1.54) is 0 Å². The van der Waals surface area contributed by atoms with Gasteiger partial charge in [-0.05, 0) is 30.3 Å². The molecule has 0 aliphatic carbocycles. The molecule has 1 aliphatic heterocycles. The summed E-state index contributed by atoms with van der Waals surface area (Å²) in [6.07, 6.45) is 0.585. The molecule has 2 aromatic carbocycles. The van der Waals surface area contributed by atoms with Crippen LogP contribution >= 0.6 is 43.5 Å². The van der Waals surface area contributed by atoms with Crippen LogP contribution < -0.4 is 10.5 Å². The lowest BCUT2D eigenvalue weighted by atomic mass is 9.93. The van der Waals surface area contributed by atoms with Gasteiger partial charge in [0.15, 0.2) is 0 Å². The van der Waals surface area contributed by atoms with Gasteiger partial charge in [0.2, 0.25) is 0 Å². The predicted octanol–water partition coefficient (Wildman–Crippen LogP) is 5.39. The summed E-state index contributed by atoms with van der Waals surface area (Å²) in [5, 5.41) is 0.698. The van der Waals surface area contributed by atoms with E-state index in [0.29, 0.717) is 11.4 Å². The van der Waals surface area contributed by atoms with Gasteiger partial charge in [-0.3, -0.25) is 0 Å². The van der Waals surface area contributed by atoms with Crippen molar-refractivity contribution in [2.24, 2.45) is 5.73 Å².